The Bertz CT molecular complexity index is 1080. The average molecular weight is 495 g/mol. The van der Waals surface area contributed by atoms with Gasteiger partial charge < -0.3 is 0 Å². The molecule has 0 saturated heterocycles. The second-order valence-corrected chi connectivity index (χ2v) is 10.8. The number of hydrogen-bond donors (Lipinski definition) is 1. The molecule has 3 rings (SSSR count). The molecular weight excluding hydrogens is 481 g/mol. The largest absolute Gasteiger partial charge is 0.275 e. The molecule has 0 fully saturated rings. The molecule has 0 aliphatic rings. The molecule has 2 aromatic heterocycles. The lowest BCUT2D eigenvalue weighted by molar-refractivity contribution is 0.603. The quantitative estimate of drug-likeness (QED) is 0.510. The van der Waals surface area contributed by atoms with Crippen molar-refractivity contribution in [3.05, 3.63) is 61.1 Å². The lowest BCUT2D eigenvalue weighted by Crippen LogP contribution is -2.13. The molecule has 26 heavy (non-hydrogen) atoms. The fourth-order valence-electron chi connectivity index (χ4n) is 2.44. The normalized spacial score (nSPS) is 11.7. The third-order valence-electron chi connectivity index (χ3n) is 3.77. The summed E-state index contributed by atoms with van der Waals surface area (Å²) in [7, 11) is -3.67. The number of nitrogens with one attached hydrogen (secondary N) is 1. The molecule has 1 aromatic carbocycles. The lowest BCUT2D eigenvalue weighted by atomic mass is 10.2. The van der Waals surface area contributed by atoms with Crippen molar-refractivity contribution in [2.24, 2.45) is 0 Å². The summed E-state index contributed by atoms with van der Waals surface area (Å²) in [4.78, 5) is 0. The van der Waals surface area contributed by atoms with Gasteiger partial charge in [0.25, 0.3) is 10.0 Å². The first-order chi connectivity index (χ1) is 12.2. The highest BCUT2D eigenvalue weighted by molar-refractivity contribution is 9.11. The number of halogens is 3. The van der Waals surface area contributed by atoms with Gasteiger partial charge in [-0.3, -0.25) is 9.40 Å². The number of thiophene rings is 1. The Morgan fingerprint density at radius 1 is 1.23 bits per heavy atom. The Morgan fingerprint density at radius 3 is 2.58 bits per heavy atom. The third-order valence-corrected chi connectivity index (χ3v) is 7.82. The smallest absolute Gasteiger partial charge is 0.271 e. The standard InChI is InChI=1S/C16H14BrCl2N3O2S2/c1-9-16(21-26(23,24)15-6-5-14(17)25-15)10(2)22(20-9)8-11-3-4-12(18)7-13(11)19/h3-7,21H,8H2,1-2H3. The molecule has 0 bridgehead atoms. The molecule has 5 nitrogen and oxygen atoms in total. The molecule has 138 valence electrons. The van der Waals surface area contributed by atoms with E-state index in [0.29, 0.717) is 33.7 Å². The minimum absolute atomic E-state index is 0.233. The van der Waals surface area contributed by atoms with Crippen LogP contribution in [0.4, 0.5) is 5.69 Å². The molecular formula is C16H14BrCl2N3O2S2. The molecule has 0 atom stereocenters. The highest BCUT2D eigenvalue weighted by atomic mass is 79.9. The predicted octanol–water partition coefficient (Wildman–Crippen LogP) is 5.48. The first-order valence-electron chi connectivity index (χ1n) is 7.43. The Kier molecular flexibility index (Phi) is 5.69. The van der Waals surface area contributed by atoms with Crippen LogP contribution in [-0.4, -0.2) is 18.2 Å². The topological polar surface area (TPSA) is 64.0 Å². The maximum Gasteiger partial charge on any atom is 0.271 e. The van der Waals surface area contributed by atoms with Crippen LogP contribution < -0.4 is 4.72 Å². The fourth-order valence-corrected chi connectivity index (χ4v) is 6.09. The van der Waals surface area contributed by atoms with Gasteiger partial charge in [-0.05, 0) is 59.6 Å². The summed E-state index contributed by atoms with van der Waals surface area (Å²) in [5.41, 5.74) is 2.61. The predicted molar refractivity (Wildman–Crippen MR) is 110 cm³/mol. The lowest BCUT2D eigenvalue weighted by Gasteiger charge is -2.09. The van der Waals surface area contributed by atoms with Crippen LogP contribution >= 0.6 is 50.5 Å². The molecule has 0 saturated carbocycles. The summed E-state index contributed by atoms with van der Waals surface area (Å²) in [6.07, 6.45) is 0. The van der Waals surface area contributed by atoms with Crippen molar-refractivity contribution in [1.29, 1.82) is 0 Å². The van der Waals surface area contributed by atoms with Crippen molar-refractivity contribution in [1.82, 2.24) is 9.78 Å². The van der Waals surface area contributed by atoms with Crippen molar-refractivity contribution in [2.45, 2.75) is 24.6 Å². The van der Waals surface area contributed by atoms with Crippen LogP contribution in [0.2, 0.25) is 10.0 Å². The van der Waals surface area contributed by atoms with E-state index in [-0.39, 0.29) is 4.21 Å². The minimum Gasteiger partial charge on any atom is -0.275 e. The van der Waals surface area contributed by atoms with Crippen LogP contribution in [0, 0.1) is 13.8 Å². The van der Waals surface area contributed by atoms with Crippen molar-refractivity contribution >= 4 is 66.2 Å². The number of nitrogens with zero attached hydrogens (tertiary/aromatic N) is 2. The van der Waals surface area contributed by atoms with Crippen molar-refractivity contribution in [2.75, 3.05) is 4.72 Å². The Labute approximate surface area is 174 Å². The van der Waals surface area contributed by atoms with E-state index in [1.165, 1.54) is 0 Å². The highest BCUT2D eigenvalue weighted by Crippen LogP contribution is 2.30. The molecule has 0 aliphatic heterocycles. The summed E-state index contributed by atoms with van der Waals surface area (Å²) >= 11 is 16.6. The number of hydrogen-bond acceptors (Lipinski definition) is 4. The molecule has 0 radical (unpaired) electrons. The number of aromatic nitrogens is 2. The Morgan fingerprint density at radius 2 is 1.96 bits per heavy atom. The average Bonchev–Trinajstić information content (AvgIpc) is 3.10. The molecule has 0 unspecified atom stereocenters. The zero-order chi connectivity index (χ0) is 19.1. The van der Waals surface area contributed by atoms with E-state index >= 15 is 0 Å². The second kappa shape index (κ2) is 7.52. The van der Waals surface area contributed by atoms with Gasteiger partial charge in [0.15, 0.2) is 0 Å². The molecule has 10 heteroatoms. The summed E-state index contributed by atoms with van der Waals surface area (Å²) in [6, 6.07) is 8.51. The van der Waals surface area contributed by atoms with Gasteiger partial charge in [-0.25, -0.2) is 8.42 Å². The molecule has 0 spiro atoms. The maximum absolute atomic E-state index is 12.6. The second-order valence-electron chi connectivity index (χ2n) is 5.60. The van der Waals surface area contributed by atoms with Crippen LogP contribution in [0.5, 0.6) is 0 Å². The van der Waals surface area contributed by atoms with Gasteiger partial charge in [-0.1, -0.05) is 29.3 Å². The summed E-state index contributed by atoms with van der Waals surface area (Å²) in [5, 5.41) is 5.54. The third kappa shape index (κ3) is 4.09. The van der Waals surface area contributed by atoms with E-state index in [9.17, 15) is 8.42 Å². The Balaban J connectivity index is 1.91. The van der Waals surface area contributed by atoms with Gasteiger partial charge in [0, 0.05) is 10.0 Å². The number of benzene rings is 1. The summed E-state index contributed by atoms with van der Waals surface area (Å²) in [6.45, 7) is 3.98. The van der Waals surface area contributed by atoms with Crippen molar-refractivity contribution in [3.63, 3.8) is 0 Å². The van der Waals surface area contributed by atoms with Gasteiger partial charge in [-0.2, -0.15) is 5.10 Å². The monoisotopic (exact) mass is 493 g/mol. The molecule has 0 aliphatic carbocycles. The van der Waals surface area contributed by atoms with Crippen molar-refractivity contribution < 1.29 is 8.42 Å². The van der Waals surface area contributed by atoms with E-state index in [1.54, 1.807) is 35.9 Å². The zero-order valence-electron chi connectivity index (χ0n) is 13.8. The number of anilines is 1. The summed E-state index contributed by atoms with van der Waals surface area (Å²) < 4.78 is 30.5. The first kappa shape index (κ1) is 19.7. The Hall–Kier alpha value is -1.06. The van der Waals surface area contributed by atoms with Crippen LogP contribution in [-0.2, 0) is 16.6 Å². The first-order valence-corrected chi connectivity index (χ1v) is 11.3. The van der Waals surface area contributed by atoms with E-state index in [4.69, 9.17) is 23.2 Å². The van der Waals surface area contributed by atoms with Gasteiger partial charge in [0.05, 0.1) is 27.4 Å². The van der Waals surface area contributed by atoms with E-state index in [1.807, 2.05) is 13.0 Å². The van der Waals surface area contributed by atoms with Gasteiger partial charge in [0.1, 0.15) is 4.21 Å². The highest BCUT2D eigenvalue weighted by Gasteiger charge is 2.21. The van der Waals surface area contributed by atoms with Gasteiger partial charge in [-0.15, -0.1) is 11.3 Å². The van der Waals surface area contributed by atoms with E-state index in [0.717, 1.165) is 20.7 Å². The number of rotatable bonds is 5. The molecule has 2 heterocycles. The van der Waals surface area contributed by atoms with Gasteiger partial charge in [0.2, 0.25) is 0 Å². The number of aryl methyl sites for hydroxylation is 1. The van der Waals surface area contributed by atoms with E-state index in [2.05, 4.69) is 25.8 Å². The SMILES string of the molecule is Cc1nn(Cc2ccc(Cl)cc2Cl)c(C)c1NS(=O)(=O)c1ccc(Br)s1. The van der Waals surface area contributed by atoms with Crippen LogP contribution in [0.25, 0.3) is 0 Å². The van der Waals surface area contributed by atoms with Crippen LogP contribution in [0.15, 0.2) is 38.3 Å². The van der Waals surface area contributed by atoms with Gasteiger partial charge >= 0.3 is 0 Å². The molecule has 3 aromatic rings. The molecule has 0 amide bonds. The van der Waals surface area contributed by atoms with Crippen LogP contribution in [0.3, 0.4) is 0 Å². The maximum atomic E-state index is 12.6. The van der Waals surface area contributed by atoms with E-state index < -0.39 is 10.0 Å². The molecule has 1 N–H and O–H groups in total. The fraction of sp³-hybridized carbons (Fsp3) is 0.188. The van der Waals surface area contributed by atoms with Crippen LogP contribution in [0.1, 0.15) is 17.0 Å². The zero-order valence-corrected chi connectivity index (χ0v) is 18.5. The summed E-state index contributed by atoms with van der Waals surface area (Å²) in [5.74, 6) is 0. The van der Waals surface area contributed by atoms with Crippen molar-refractivity contribution in [3.8, 4) is 0 Å². The minimum atomic E-state index is -3.67. The number of sulfonamides is 1.